The number of methoxy groups -OCH3 is 1. The lowest BCUT2D eigenvalue weighted by Gasteiger charge is -2.28. The minimum Gasteiger partial charge on any atom is -0.465 e. The first-order valence-corrected chi connectivity index (χ1v) is 8.70. The van der Waals surface area contributed by atoms with E-state index >= 15 is 0 Å². The first-order chi connectivity index (χ1) is 12.1. The van der Waals surface area contributed by atoms with Crippen LogP contribution in [0.15, 0.2) is 6.07 Å². The van der Waals surface area contributed by atoms with Crippen molar-refractivity contribution in [1.29, 1.82) is 0 Å². The van der Waals surface area contributed by atoms with Crippen LogP contribution in [0.5, 0.6) is 0 Å². The number of anilines is 1. The molecule has 2 rings (SSSR count). The zero-order valence-corrected chi connectivity index (χ0v) is 15.1. The Morgan fingerprint density at radius 1 is 1.44 bits per heavy atom. The van der Waals surface area contributed by atoms with Gasteiger partial charge in [0.05, 0.1) is 30.9 Å². The largest absolute Gasteiger partial charge is 0.465 e. The maximum absolute atomic E-state index is 12.4. The highest BCUT2D eigenvalue weighted by molar-refractivity contribution is 7.15. The molecule has 0 bridgehead atoms. The number of carbonyl (C=O) groups excluding carboxylic acids is 3. The zero-order chi connectivity index (χ0) is 18.2. The summed E-state index contributed by atoms with van der Waals surface area (Å²) >= 11 is 1.14. The molecule has 1 aromatic heterocycles. The number of rotatable bonds is 5. The summed E-state index contributed by atoms with van der Waals surface area (Å²) in [6.07, 6.45) is 1.22. The number of morpholine rings is 1. The molecule has 1 saturated heterocycles. The normalized spacial score (nSPS) is 13.6. The Morgan fingerprint density at radius 2 is 2.16 bits per heavy atom. The minimum atomic E-state index is -0.560. The molecule has 0 atom stereocenters. The van der Waals surface area contributed by atoms with Crippen molar-refractivity contribution >= 4 is 35.3 Å². The summed E-state index contributed by atoms with van der Waals surface area (Å²) in [5.74, 6) is 5.10. The van der Waals surface area contributed by atoms with E-state index in [1.807, 2.05) is 6.92 Å². The fourth-order valence-electron chi connectivity index (χ4n) is 2.31. The van der Waals surface area contributed by atoms with Crippen LogP contribution in [0.2, 0.25) is 0 Å². The Hall–Kier alpha value is -2.37. The SMILES string of the molecule is CCC#Cc1cc(N(C=O)CC(=O)N2CCOCC2)c(C(=O)OC)s1. The second-order valence-electron chi connectivity index (χ2n) is 5.20. The van der Waals surface area contributed by atoms with Gasteiger partial charge >= 0.3 is 5.97 Å². The van der Waals surface area contributed by atoms with Gasteiger partial charge < -0.3 is 19.3 Å². The molecular weight excluding hydrogens is 344 g/mol. The third-order valence-electron chi connectivity index (χ3n) is 3.58. The Morgan fingerprint density at radius 3 is 2.76 bits per heavy atom. The number of nitrogens with zero attached hydrogens (tertiary/aromatic N) is 2. The molecule has 7 nitrogen and oxygen atoms in total. The van der Waals surface area contributed by atoms with Gasteiger partial charge in [0, 0.05) is 19.5 Å². The lowest BCUT2D eigenvalue weighted by molar-refractivity contribution is -0.134. The first-order valence-electron chi connectivity index (χ1n) is 7.89. The quantitative estimate of drug-likeness (QED) is 0.445. The van der Waals surface area contributed by atoms with Gasteiger partial charge in [-0.3, -0.25) is 9.59 Å². The van der Waals surface area contributed by atoms with Crippen molar-refractivity contribution in [3.63, 3.8) is 0 Å². The number of ether oxygens (including phenoxy) is 2. The van der Waals surface area contributed by atoms with Crippen molar-refractivity contribution < 1.29 is 23.9 Å². The van der Waals surface area contributed by atoms with Crippen molar-refractivity contribution in [2.75, 3.05) is 44.9 Å². The first kappa shape index (κ1) is 19.0. The van der Waals surface area contributed by atoms with Crippen molar-refractivity contribution in [2.45, 2.75) is 13.3 Å². The summed E-state index contributed by atoms with van der Waals surface area (Å²) in [5, 5.41) is 0. The molecule has 0 spiro atoms. The molecule has 1 fully saturated rings. The molecule has 2 amide bonds. The number of carbonyl (C=O) groups is 3. The van der Waals surface area contributed by atoms with E-state index in [0.29, 0.717) is 49.7 Å². The van der Waals surface area contributed by atoms with E-state index in [9.17, 15) is 14.4 Å². The van der Waals surface area contributed by atoms with Crippen LogP contribution in [0.1, 0.15) is 27.9 Å². The summed E-state index contributed by atoms with van der Waals surface area (Å²) < 4.78 is 10.00. The Bertz CT molecular complexity index is 698. The monoisotopic (exact) mass is 364 g/mol. The Balaban J connectivity index is 2.25. The number of thiophene rings is 1. The molecule has 0 radical (unpaired) electrons. The summed E-state index contributed by atoms with van der Waals surface area (Å²) in [4.78, 5) is 39.7. The molecule has 0 aliphatic carbocycles. The van der Waals surface area contributed by atoms with Crippen LogP contribution in [-0.4, -0.2) is 63.1 Å². The average Bonchev–Trinajstić information content (AvgIpc) is 3.08. The van der Waals surface area contributed by atoms with Crippen molar-refractivity contribution in [1.82, 2.24) is 4.90 Å². The van der Waals surface area contributed by atoms with E-state index in [0.717, 1.165) is 11.3 Å². The summed E-state index contributed by atoms with van der Waals surface area (Å²) in [5.41, 5.74) is 0.342. The highest BCUT2D eigenvalue weighted by Crippen LogP contribution is 2.30. The summed E-state index contributed by atoms with van der Waals surface area (Å²) in [7, 11) is 1.27. The highest BCUT2D eigenvalue weighted by Gasteiger charge is 2.25. The van der Waals surface area contributed by atoms with Crippen LogP contribution in [0.3, 0.4) is 0 Å². The molecule has 134 valence electrons. The lowest BCUT2D eigenvalue weighted by Crippen LogP contribution is -2.45. The number of hydrogen-bond acceptors (Lipinski definition) is 6. The van der Waals surface area contributed by atoms with Crippen LogP contribution in [-0.2, 0) is 19.1 Å². The second-order valence-corrected chi connectivity index (χ2v) is 6.25. The molecule has 25 heavy (non-hydrogen) atoms. The van der Waals surface area contributed by atoms with Crippen LogP contribution in [0, 0.1) is 11.8 Å². The van der Waals surface area contributed by atoms with Crippen LogP contribution in [0.25, 0.3) is 0 Å². The van der Waals surface area contributed by atoms with Crippen LogP contribution >= 0.6 is 11.3 Å². The third kappa shape index (κ3) is 4.81. The van der Waals surface area contributed by atoms with Gasteiger partial charge in [-0.15, -0.1) is 11.3 Å². The highest BCUT2D eigenvalue weighted by atomic mass is 32.1. The van der Waals surface area contributed by atoms with Gasteiger partial charge in [0.2, 0.25) is 12.3 Å². The third-order valence-corrected chi connectivity index (χ3v) is 4.60. The maximum atomic E-state index is 12.4. The molecule has 8 heteroatoms. The number of hydrogen-bond donors (Lipinski definition) is 0. The molecule has 0 saturated carbocycles. The van der Waals surface area contributed by atoms with E-state index < -0.39 is 5.97 Å². The molecule has 0 aromatic carbocycles. The Labute approximate surface area is 150 Å². The molecule has 2 heterocycles. The fourth-order valence-corrected chi connectivity index (χ4v) is 3.27. The molecule has 1 aromatic rings. The predicted molar refractivity (Wildman–Crippen MR) is 93.6 cm³/mol. The molecule has 0 N–H and O–H groups in total. The maximum Gasteiger partial charge on any atom is 0.350 e. The van der Waals surface area contributed by atoms with Gasteiger partial charge in [0.15, 0.2) is 0 Å². The molecule has 1 aliphatic heterocycles. The van der Waals surface area contributed by atoms with Crippen LogP contribution in [0.4, 0.5) is 5.69 Å². The number of esters is 1. The standard InChI is InChI=1S/C17H20N2O5S/c1-3-4-5-13-10-14(16(25-13)17(22)23-2)19(12-20)11-15(21)18-6-8-24-9-7-18/h10,12H,3,6-9,11H2,1-2H3. The number of amides is 2. The molecule has 1 aliphatic rings. The van der Waals surface area contributed by atoms with Crippen molar-refractivity contribution in [3.05, 3.63) is 15.8 Å². The van der Waals surface area contributed by atoms with Crippen LogP contribution < -0.4 is 4.90 Å². The minimum absolute atomic E-state index is 0.148. The van der Waals surface area contributed by atoms with Crippen molar-refractivity contribution in [3.8, 4) is 11.8 Å². The van der Waals surface area contributed by atoms with E-state index in [1.165, 1.54) is 12.0 Å². The van der Waals surface area contributed by atoms with E-state index in [-0.39, 0.29) is 17.3 Å². The van der Waals surface area contributed by atoms with Gasteiger partial charge in [-0.2, -0.15) is 0 Å². The Kier molecular flexibility index (Phi) is 6.98. The topological polar surface area (TPSA) is 76.2 Å². The van der Waals surface area contributed by atoms with E-state index in [2.05, 4.69) is 11.8 Å². The van der Waals surface area contributed by atoms with Gasteiger partial charge in [0.1, 0.15) is 11.4 Å². The van der Waals surface area contributed by atoms with E-state index in [4.69, 9.17) is 9.47 Å². The van der Waals surface area contributed by atoms with Gasteiger partial charge in [-0.05, 0) is 6.07 Å². The predicted octanol–water partition coefficient (Wildman–Crippen LogP) is 1.12. The lowest BCUT2D eigenvalue weighted by atomic mass is 10.3. The second kappa shape index (κ2) is 9.20. The van der Waals surface area contributed by atoms with Crippen molar-refractivity contribution in [2.24, 2.45) is 0 Å². The van der Waals surface area contributed by atoms with Gasteiger partial charge in [0.25, 0.3) is 0 Å². The van der Waals surface area contributed by atoms with Gasteiger partial charge in [-0.25, -0.2) is 4.79 Å². The van der Waals surface area contributed by atoms with Gasteiger partial charge in [-0.1, -0.05) is 18.8 Å². The smallest absolute Gasteiger partial charge is 0.350 e. The zero-order valence-electron chi connectivity index (χ0n) is 14.2. The fraction of sp³-hybridized carbons (Fsp3) is 0.471. The summed E-state index contributed by atoms with van der Waals surface area (Å²) in [6, 6.07) is 1.64. The summed E-state index contributed by atoms with van der Waals surface area (Å²) in [6.45, 7) is 3.72. The molecular formula is C17H20N2O5S. The van der Waals surface area contributed by atoms with E-state index in [1.54, 1.807) is 11.0 Å². The molecule has 0 unspecified atom stereocenters. The average molecular weight is 364 g/mol.